The first-order chi connectivity index (χ1) is 4.35. The van der Waals surface area contributed by atoms with Crippen molar-refractivity contribution in [1.82, 2.24) is 0 Å². The molecule has 2 heteroatoms. The van der Waals surface area contributed by atoms with Crippen LogP contribution >= 0.6 is 0 Å². The summed E-state index contributed by atoms with van der Waals surface area (Å²) in [7, 11) is 1.64. The molecule has 0 aromatic rings. The Morgan fingerprint density at radius 3 is 2.67 bits per heavy atom. The van der Waals surface area contributed by atoms with Crippen molar-refractivity contribution in [2.75, 3.05) is 13.7 Å². The van der Waals surface area contributed by atoms with Gasteiger partial charge in [0.25, 0.3) is 0 Å². The van der Waals surface area contributed by atoms with Gasteiger partial charge in [0.15, 0.2) is 0 Å². The fourth-order valence-corrected chi connectivity index (χ4v) is 0.570. The number of hydrogen-bond donors (Lipinski definition) is 0. The lowest BCUT2D eigenvalue weighted by atomic mass is 10.2. The van der Waals surface area contributed by atoms with Gasteiger partial charge in [-0.1, -0.05) is 13.0 Å². The first-order valence-corrected chi connectivity index (χ1v) is 3.02. The van der Waals surface area contributed by atoms with E-state index < -0.39 is 6.67 Å². The number of halogens is 1. The van der Waals surface area contributed by atoms with Gasteiger partial charge in [-0.2, -0.15) is 0 Å². The molecule has 0 rings (SSSR count). The SMILES string of the molecule is CC/C=C(\C=NC)CF. The largest absolute Gasteiger partial charge is 0.296 e. The van der Waals surface area contributed by atoms with Gasteiger partial charge in [0.05, 0.1) is 0 Å². The number of rotatable bonds is 3. The van der Waals surface area contributed by atoms with Crippen LogP contribution in [0.25, 0.3) is 0 Å². The Morgan fingerprint density at radius 2 is 2.33 bits per heavy atom. The van der Waals surface area contributed by atoms with Crippen LogP contribution in [0.4, 0.5) is 4.39 Å². The Labute approximate surface area is 55.3 Å². The summed E-state index contributed by atoms with van der Waals surface area (Å²) in [5.41, 5.74) is 0.667. The van der Waals surface area contributed by atoms with Crippen LogP contribution in [-0.4, -0.2) is 19.9 Å². The summed E-state index contributed by atoms with van der Waals surface area (Å²) < 4.78 is 11.9. The van der Waals surface area contributed by atoms with Crippen LogP contribution < -0.4 is 0 Å². The highest BCUT2D eigenvalue weighted by Crippen LogP contribution is 1.93. The monoisotopic (exact) mass is 129 g/mol. The maximum atomic E-state index is 11.9. The van der Waals surface area contributed by atoms with Crippen molar-refractivity contribution < 1.29 is 4.39 Å². The summed E-state index contributed by atoms with van der Waals surface area (Å²) in [5, 5.41) is 0. The fraction of sp³-hybridized carbons (Fsp3) is 0.571. The van der Waals surface area contributed by atoms with E-state index in [9.17, 15) is 4.39 Å². The topological polar surface area (TPSA) is 12.4 Å². The second-order valence-corrected chi connectivity index (χ2v) is 1.71. The summed E-state index contributed by atoms with van der Waals surface area (Å²) in [6.07, 6.45) is 4.24. The zero-order chi connectivity index (χ0) is 7.11. The molecule has 0 bridgehead atoms. The number of aliphatic imine (C=N–C) groups is 1. The van der Waals surface area contributed by atoms with E-state index in [0.717, 1.165) is 6.42 Å². The lowest BCUT2D eigenvalue weighted by molar-refractivity contribution is 0.553. The minimum atomic E-state index is -0.412. The van der Waals surface area contributed by atoms with Crippen LogP contribution in [0.5, 0.6) is 0 Å². The van der Waals surface area contributed by atoms with E-state index >= 15 is 0 Å². The van der Waals surface area contributed by atoms with Crippen molar-refractivity contribution in [3.63, 3.8) is 0 Å². The normalized spacial score (nSPS) is 13.0. The van der Waals surface area contributed by atoms with Crippen LogP contribution in [0.2, 0.25) is 0 Å². The molecule has 0 aromatic carbocycles. The first kappa shape index (κ1) is 8.34. The van der Waals surface area contributed by atoms with Gasteiger partial charge in [-0.3, -0.25) is 4.99 Å². The Balaban J connectivity index is 3.81. The highest BCUT2D eigenvalue weighted by atomic mass is 19.1. The molecule has 0 atom stereocenters. The van der Waals surface area contributed by atoms with Crippen molar-refractivity contribution >= 4 is 6.21 Å². The van der Waals surface area contributed by atoms with Gasteiger partial charge in [0.1, 0.15) is 6.67 Å². The third-order valence-electron chi connectivity index (χ3n) is 0.916. The lowest BCUT2D eigenvalue weighted by Gasteiger charge is -1.89. The molecule has 0 saturated carbocycles. The zero-order valence-corrected chi connectivity index (χ0v) is 5.89. The predicted molar refractivity (Wildman–Crippen MR) is 38.8 cm³/mol. The van der Waals surface area contributed by atoms with Crippen molar-refractivity contribution in [1.29, 1.82) is 0 Å². The molecule has 0 aliphatic heterocycles. The van der Waals surface area contributed by atoms with Crippen molar-refractivity contribution in [2.45, 2.75) is 13.3 Å². The average molecular weight is 129 g/mol. The third kappa shape index (κ3) is 3.88. The molecule has 0 unspecified atom stereocenters. The molecule has 9 heavy (non-hydrogen) atoms. The Bertz CT molecular complexity index is 116. The van der Waals surface area contributed by atoms with Crippen LogP contribution in [0.15, 0.2) is 16.6 Å². The highest BCUT2D eigenvalue weighted by Gasteiger charge is 1.86. The molecule has 0 N–H and O–H groups in total. The fourth-order valence-electron chi connectivity index (χ4n) is 0.570. The maximum Gasteiger partial charge on any atom is 0.116 e. The number of alkyl halides is 1. The summed E-state index contributed by atoms with van der Waals surface area (Å²) in [6.45, 7) is 1.56. The molecular formula is C7H12FN. The molecule has 1 nitrogen and oxygen atoms in total. The first-order valence-electron chi connectivity index (χ1n) is 3.02. The lowest BCUT2D eigenvalue weighted by Crippen LogP contribution is -1.85. The Morgan fingerprint density at radius 1 is 1.67 bits per heavy atom. The molecular weight excluding hydrogens is 117 g/mol. The quantitative estimate of drug-likeness (QED) is 0.517. The molecule has 0 aromatic heterocycles. The van der Waals surface area contributed by atoms with Crippen LogP contribution in [0.3, 0.4) is 0 Å². The maximum absolute atomic E-state index is 11.9. The van der Waals surface area contributed by atoms with Gasteiger partial charge in [-0.25, -0.2) is 4.39 Å². The van der Waals surface area contributed by atoms with Crippen LogP contribution in [0.1, 0.15) is 13.3 Å². The summed E-state index contributed by atoms with van der Waals surface area (Å²) in [4.78, 5) is 3.69. The molecule has 52 valence electrons. The molecule has 0 spiro atoms. The van der Waals surface area contributed by atoms with Crippen molar-refractivity contribution in [3.05, 3.63) is 11.6 Å². The molecule has 0 fully saturated rings. The predicted octanol–water partition coefficient (Wildman–Crippen LogP) is 1.99. The van der Waals surface area contributed by atoms with E-state index in [1.54, 1.807) is 13.3 Å². The van der Waals surface area contributed by atoms with E-state index in [2.05, 4.69) is 4.99 Å². The zero-order valence-electron chi connectivity index (χ0n) is 5.89. The number of allylic oxidation sites excluding steroid dienone is 2. The smallest absolute Gasteiger partial charge is 0.116 e. The van der Waals surface area contributed by atoms with E-state index in [1.165, 1.54) is 0 Å². The minimum Gasteiger partial charge on any atom is -0.296 e. The van der Waals surface area contributed by atoms with Gasteiger partial charge in [-0.15, -0.1) is 0 Å². The van der Waals surface area contributed by atoms with Crippen molar-refractivity contribution in [3.8, 4) is 0 Å². The molecule has 0 aliphatic rings. The summed E-state index contributed by atoms with van der Waals surface area (Å²) >= 11 is 0. The van der Waals surface area contributed by atoms with E-state index in [0.29, 0.717) is 5.57 Å². The van der Waals surface area contributed by atoms with Crippen LogP contribution in [-0.2, 0) is 0 Å². The average Bonchev–Trinajstić information content (AvgIpc) is 1.88. The van der Waals surface area contributed by atoms with Gasteiger partial charge in [-0.05, 0) is 12.0 Å². The van der Waals surface area contributed by atoms with E-state index in [1.807, 2.05) is 13.0 Å². The second-order valence-electron chi connectivity index (χ2n) is 1.71. The number of hydrogen-bond acceptors (Lipinski definition) is 1. The Hall–Kier alpha value is -0.660. The van der Waals surface area contributed by atoms with Gasteiger partial charge in [0, 0.05) is 13.3 Å². The summed E-state index contributed by atoms with van der Waals surface area (Å²) in [5.74, 6) is 0. The number of nitrogens with zero attached hydrogens (tertiary/aromatic N) is 1. The van der Waals surface area contributed by atoms with E-state index in [-0.39, 0.29) is 0 Å². The van der Waals surface area contributed by atoms with E-state index in [4.69, 9.17) is 0 Å². The second kappa shape index (κ2) is 5.48. The molecule has 0 amide bonds. The highest BCUT2D eigenvalue weighted by molar-refractivity contribution is 5.78. The van der Waals surface area contributed by atoms with Gasteiger partial charge < -0.3 is 0 Å². The Kier molecular flexibility index (Phi) is 5.07. The van der Waals surface area contributed by atoms with Gasteiger partial charge >= 0.3 is 0 Å². The molecule has 0 saturated heterocycles. The molecule has 0 radical (unpaired) electrons. The standard InChI is InChI=1S/C7H12FN/c1-3-4-7(5-8)6-9-2/h4,6H,3,5H2,1-2H3/b7-4-,9-6?. The van der Waals surface area contributed by atoms with Crippen molar-refractivity contribution in [2.24, 2.45) is 4.99 Å². The molecule has 0 heterocycles. The summed E-state index contributed by atoms with van der Waals surface area (Å²) in [6, 6.07) is 0. The third-order valence-corrected chi connectivity index (χ3v) is 0.916. The minimum absolute atomic E-state index is 0.412. The molecule has 0 aliphatic carbocycles. The van der Waals surface area contributed by atoms with Crippen LogP contribution in [0, 0.1) is 0 Å². The van der Waals surface area contributed by atoms with Gasteiger partial charge in [0.2, 0.25) is 0 Å².